The highest BCUT2D eigenvalue weighted by Crippen LogP contribution is 2.21. The van der Waals surface area contributed by atoms with Crippen molar-refractivity contribution in [1.29, 1.82) is 0 Å². The Morgan fingerprint density at radius 2 is 1.86 bits per heavy atom. The van der Waals surface area contributed by atoms with Crippen LogP contribution in [-0.4, -0.2) is 51.5 Å². The molecule has 1 fully saturated rings. The molecule has 1 aliphatic heterocycles. The van der Waals surface area contributed by atoms with Crippen LogP contribution in [0.2, 0.25) is 0 Å². The molecule has 1 aliphatic rings. The number of hydrogen-bond donors (Lipinski definition) is 1. The highest BCUT2D eigenvalue weighted by atomic mass is 32.2. The molecule has 2 aromatic carbocycles. The topological polar surface area (TPSA) is 84.9 Å². The third-order valence-corrected chi connectivity index (χ3v) is 6.11. The number of ether oxygens (including phenoxy) is 2. The maximum absolute atomic E-state index is 13.8. The average molecular weight is 408 g/mol. The number of benzene rings is 2. The molecule has 2 aromatic rings. The molecule has 0 aromatic heterocycles. The first-order chi connectivity index (χ1) is 13.4. The van der Waals surface area contributed by atoms with E-state index in [1.807, 2.05) is 0 Å². The first-order valence-corrected chi connectivity index (χ1v) is 10.2. The van der Waals surface area contributed by atoms with Gasteiger partial charge in [0.2, 0.25) is 10.0 Å². The highest BCUT2D eigenvalue weighted by Gasteiger charge is 2.26. The van der Waals surface area contributed by atoms with E-state index in [-0.39, 0.29) is 17.2 Å². The zero-order valence-corrected chi connectivity index (χ0v) is 16.2. The van der Waals surface area contributed by atoms with Crippen LogP contribution in [0.15, 0.2) is 47.4 Å². The van der Waals surface area contributed by atoms with E-state index in [0.29, 0.717) is 32.1 Å². The fraction of sp³-hybridized carbons (Fsp3) is 0.316. The van der Waals surface area contributed by atoms with E-state index >= 15 is 0 Å². The summed E-state index contributed by atoms with van der Waals surface area (Å²) in [5, 5.41) is 2.43. The van der Waals surface area contributed by atoms with Gasteiger partial charge in [-0.15, -0.1) is 0 Å². The fourth-order valence-corrected chi connectivity index (χ4v) is 4.11. The predicted molar refractivity (Wildman–Crippen MR) is 101 cm³/mol. The van der Waals surface area contributed by atoms with Gasteiger partial charge in [-0.25, -0.2) is 12.8 Å². The Kier molecular flexibility index (Phi) is 6.28. The van der Waals surface area contributed by atoms with Crippen molar-refractivity contribution in [2.24, 2.45) is 0 Å². The molecular weight excluding hydrogens is 387 g/mol. The maximum atomic E-state index is 13.8. The van der Waals surface area contributed by atoms with Crippen molar-refractivity contribution in [2.75, 3.05) is 38.2 Å². The van der Waals surface area contributed by atoms with E-state index in [0.717, 1.165) is 5.56 Å². The second-order valence-corrected chi connectivity index (χ2v) is 8.25. The normalized spacial score (nSPS) is 15.2. The molecule has 3 rings (SSSR count). The number of rotatable bonds is 6. The van der Waals surface area contributed by atoms with Crippen molar-refractivity contribution in [3.63, 3.8) is 0 Å². The smallest absolute Gasteiger partial charge is 0.262 e. The van der Waals surface area contributed by atoms with Crippen molar-refractivity contribution < 1.29 is 27.1 Å². The molecule has 7 nitrogen and oxygen atoms in total. The molecule has 9 heteroatoms. The third kappa shape index (κ3) is 4.86. The number of anilines is 1. The van der Waals surface area contributed by atoms with E-state index < -0.39 is 21.7 Å². The lowest BCUT2D eigenvalue weighted by Crippen LogP contribution is -2.40. The van der Waals surface area contributed by atoms with Crippen LogP contribution in [0.25, 0.3) is 0 Å². The lowest BCUT2D eigenvalue weighted by Gasteiger charge is -2.26. The van der Waals surface area contributed by atoms with Gasteiger partial charge >= 0.3 is 0 Å². The van der Waals surface area contributed by atoms with Crippen molar-refractivity contribution in [3.8, 4) is 5.75 Å². The van der Waals surface area contributed by atoms with Gasteiger partial charge in [0.25, 0.3) is 5.91 Å². The standard InChI is InChI=1S/C19H21FN2O5S/c1-14-2-7-18(17(20)12-14)21-19(23)13-27-15-3-5-16(6-4-15)28(24,25)22-8-10-26-11-9-22/h2-7,12H,8-11,13H2,1H3,(H,21,23). The Hall–Kier alpha value is -2.49. The van der Waals surface area contributed by atoms with E-state index in [2.05, 4.69) is 5.32 Å². The Labute approximate surface area is 163 Å². The van der Waals surface area contributed by atoms with Gasteiger partial charge in [-0.1, -0.05) is 6.07 Å². The molecule has 1 saturated heterocycles. The number of carbonyl (C=O) groups is 1. The SMILES string of the molecule is Cc1ccc(NC(=O)COc2ccc(S(=O)(=O)N3CCOCC3)cc2)c(F)c1. The zero-order valence-electron chi connectivity index (χ0n) is 15.4. The number of hydrogen-bond acceptors (Lipinski definition) is 5. The Morgan fingerprint density at radius 3 is 2.50 bits per heavy atom. The Balaban J connectivity index is 1.57. The fourth-order valence-electron chi connectivity index (χ4n) is 2.70. The average Bonchev–Trinajstić information content (AvgIpc) is 2.69. The van der Waals surface area contributed by atoms with Crippen LogP contribution in [0.3, 0.4) is 0 Å². The second-order valence-electron chi connectivity index (χ2n) is 6.31. The summed E-state index contributed by atoms with van der Waals surface area (Å²) in [6.45, 7) is 2.80. The number of morpholine rings is 1. The number of aryl methyl sites for hydroxylation is 1. The summed E-state index contributed by atoms with van der Waals surface area (Å²) in [4.78, 5) is 12.1. The van der Waals surface area contributed by atoms with E-state index in [1.54, 1.807) is 13.0 Å². The van der Waals surface area contributed by atoms with Gasteiger partial charge in [0, 0.05) is 13.1 Å². The lowest BCUT2D eigenvalue weighted by atomic mass is 10.2. The largest absolute Gasteiger partial charge is 0.484 e. The minimum atomic E-state index is -3.58. The van der Waals surface area contributed by atoms with Crippen molar-refractivity contribution in [3.05, 3.63) is 53.8 Å². The Bertz CT molecular complexity index is 941. The summed E-state index contributed by atoms with van der Waals surface area (Å²) in [6.07, 6.45) is 0. The molecule has 150 valence electrons. The van der Waals surface area contributed by atoms with E-state index in [1.165, 1.54) is 40.7 Å². The summed E-state index contributed by atoms with van der Waals surface area (Å²) in [5.74, 6) is -0.709. The first-order valence-electron chi connectivity index (χ1n) is 8.73. The molecule has 1 heterocycles. The first kappa shape index (κ1) is 20.2. The van der Waals surface area contributed by atoms with Crippen LogP contribution in [-0.2, 0) is 19.6 Å². The molecule has 0 unspecified atom stereocenters. The summed E-state index contributed by atoms with van der Waals surface area (Å²) >= 11 is 0. The van der Waals surface area contributed by atoms with Crippen LogP contribution in [0, 0.1) is 12.7 Å². The third-order valence-electron chi connectivity index (χ3n) is 4.20. The number of nitrogens with one attached hydrogen (secondary N) is 1. The monoisotopic (exact) mass is 408 g/mol. The van der Waals surface area contributed by atoms with Crippen LogP contribution in [0.4, 0.5) is 10.1 Å². The van der Waals surface area contributed by atoms with Crippen molar-refractivity contribution in [1.82, 2.24) is 4.31 Å². The van der Waals surface area contributed by atoms with E-state index in [4.69, 9.17) is 9.47 Å². The molecule has 0 spiro atoms. The van der Waals surface area contributed by atoms with Gasteiger partial charge in [-0.05, 0) is 48.9 Å². The van der Waals surface area contributed by atoms with Crippen LogP contribution < -0.4 is 10.1 Å². The van der Waals surface area contributed by atoms with Crippen LogP contribution in [0.1, 0.15) is 5.56 Å². The van der Waals surface area contributed by atoms with Gasteiger partial charge in [0.1, 0.15) is 11.6 Å². The number of halogens is 1. The predicted octanol–water partition coefficient (Wildman–Crippen LogP) is 2.17. The number of carbonyl (C=O) groups excluding carboxylic acids is 1. The second kappa shape index (κ2) is 8.68. The molecule has 28 heavy (non-hydrogen) atoms. The minimum absolute atomic E-state index is 0.0751. The summed E-state index contributed by atoms with van der Waals surface area (Å²) in [7, 11) is -3.58. The molecule has 0 saturated carbocycles. The molecule has 0 atom stereocenters. The Morgan fingerprint density at radius 1 is 1.18 bits per heavy atom. The molecule has 0 radical (unpaired) electrons. The number of nitrogens with zero attached hydrogens (tertiary/aromatic N) is 1. The minimum Gasteiger partial charge on any atom is -0.484 e. The lowest BCUT2D eigenvalue weighted by molar-refractivity contribution is -0.118. The number of amides is 1. The van der Waals surface area contributed by atoms with Gasteiger partial charge in [-0.2, -0.15) is 4.31 Å². The summed E-state index contributed by atoms with van der Waals surface area (Å²) in [5.41, 5.74) is 0.824. The molecule has 0 aliphatic carbocycles. The van der Waals surface area contributed by atoms with Gasteiger partial charge in [0.05, 0.1) is 23.8 Å². The number of sulfonamides is 1. The highest BCUT2D eigenvalue weighted by molar-refractivity contribution is 7.89. The van der Waals surface area contributed by atoms with Crippen molar-refractivity contribution in [2.45, 2.75) is 11.8 Å². The molecule has 1 N–H and O–H groups in total. The van der Waals surface area contributed by atoms with E-state index in [9.17, 15) is 17.6 Å². The quantitative estimate of drug-likeness (QED) is 0.792. The van der Waals surface area contributed by atoms with Gasteiger partial charge < -0.3 is 14.8 Å². The molecule has 0 bridgehead atoms. The van der Waals surface area contributed by atoms with Gasteiger partial charge in [0.15, 0.2) is 6.61 Å². The van der Waals surface area contributed by atoms with Crippen molar-refractivity contribution >= 4 is 21.6 Å². The molecular formula is C19H21FN2O5S. The van der Waals surface area contributed by atoms with Gasteiger partial charge in [-0.3, -0.25) is 4.79 Å². The maximum Gasteiger partial charge on any atom is 0.262 e. The summed E-state index contributed by atoms with van der Waals surface area (Å²) in [6, 6.07) is 10.3. The zero-order chi connectivity index (χ0) is 20.1. The van der Waals surface area contributed by atoms with Crippen LogP contribution >= 0.6 is 0 Å². The molecule has 1 amide bonds. The summed E-state index contributed by atoms with van der Waals surface area (Å²) < 4.78 is 50.8. The van der Waals surface area contributed by atoms with Crippen LogP contribution in [0.5, 0.6) is 5.75 Å².